The van der Waals surface area contributed by atoms with E-state index in [-0.39, 0.29) is 23.0 Å². The number of esters is 1. The summed E-state index contributed by atoms with van der Waals surface area (Å²) in [5, 5.41) is 13.9. The van der Waals surface area contributed by atoms with Crippen molar-refractivity contribution >= 4 is 35.1 Å². The lowest BCUT2D eigenvalue weighted by Gasteiger charge is -2.37. The van der Waals surface area contributed by atoms with Gasteiger partial charge in [-0.3, -0.25) is 10.1 Å². The van der Waals surface area contributed by atoms with E-state index in [0.717, 1.165) is 4.90 Å². The van der Waals surface area contributed by atoms with Crippen LogP contribution in [0.2, 0.25) is 0 Å². The maximum atomic E-state index is 12.5. The number of rotatable bonds is 4. The lowest BCUT2D eigenvalue weighted by atomic mass is 9.94. The molecule has 138 valence electrons. The molecule has 26 heavy (non-hydrogen) atoms. The van der Waals surface area contributed by atoms with Crippen LogP contribution in [0.5, 0.6) is 0 Å². The third kappa shape index (κ3) is 3.64. The first-order chi connectivity index (χ1) is 12.3. The number of carbonyl (C=O) groups excluding carboxylic acids is 2. The average molecular weight is 379 g/mol. The van der Waals surface area contributed by atoms with Crippen molar-refractivity contribution in [3.05, 3.63) is 51.2 Å². The van der Waals surface area contributed by atoms with Crippen LogP contribution in [0, 0.1) is 10.1 Å². The van der Waals surface area contributed by atoms with Gasteiger partial charge in [0.15, 0.2) is 5.11 Å². The molecule has 1 aliphatic rings. The fourth-order valence-corrected chi connectivity index (χ4v) is 2.96. The highest BCUT2D eigenvalue weighted by Crippen LogP contribution is 2.36. The molecule has 0 bridgehead atoms. The predicted molar refractivity (Wildman–Crippen MR) is 95.1 cm³/mol. The highest BCUT2D eigenvalue weighted by atomic mass is 32.1. The van der Waals surface area contributed by atoms with Gasteiger partial charge in [-0.25, -0.2) is 14.5 Å². The zero-order valence-electron chi connectivity index (χ0n) is 14.3. The Hall–Kier alpha value is -3.01. The van der Waals surface area contributed by atoms with Crippen molar-refractivity contribution in [1.29, 1.82) is 0 Å². The number of hydrogen-bond acceptors (Lipinski definition) is 7. The topological polar surface area (TPSA) is 111 Å². The summed E-state index contributed by atoms with van der Waals surface area (Å²) in [6.45, 7) is 3.38. The van der Waals surface area contributed by atoms with E-state index in [2.05, 4.69) is 5.32 Å². The largest absolute Gasteiger partial charge is 0.463 e. The van der Waals surface area contributed by atoms with Gasteiger partial charge in [0.1, 0.15) is 6.04 Å². The monoisotopic (exact) mass is 379 g/mol. The van der Waals surface area contributed by atoms with E-state index in [9.17, 15) is 19.7 Å². The third-order valence-corrected chi connectivity index (χ3v) is 4.01. The Morgan fingerprint density at radius 3 is 2.69 bits per heavy atom. The number of nitrogens with one attached hydrogen (secondary N) is 1. The summed E-state index contributed by atoms with van der Waals surface area (Å²) in [5.74, 6) is -0.662. The van der Waals surface area contributed by atoms with E-state index >= 15 is 0 Å². The third-order valence-electron chi connectivity index (χ3n) is 3.71. The molecule has 0 fully saturated rings. The molecule has 10 heteroatoms. The predicted octanol–water partition coefficient (Wildman–Crippen LogP) is 2.43. The Morgan fingerprint density at radius 2 is 2.12 bits per heavy atom. The summed E-state index contributed by atoms with van der Waals surface area (Å²) in [7, 11) is 1.17. The summed E-state index contributed by atoms with van der Waals surface area (Å²) in [6.07, 6.45) is -0.812. The Balaban J connectivity index is 2.68. The molecule has 1 aromatic carbocycles. The molecule has 1 aromatic rings. The van der Waals surface area contributed by atoms with E-state index in [1.165, 1.54) is 25.3 Å². The van der Waals surface area contributed by atoms with Crippen molar-refractivity contribution in [1.82, 2.24) is 10.2 Å². The Labute approximate surface area is 154 Å². The second-order valence-electron chi connectivity index (χ2n) is 5.28. The molecule has 0 aliphatic carbocycles. The van der Waals surface area contributed by atoms with E-state index in [1.807, 2.05) is 0 Å². The van der Waals surface area contributed by atoms with Gasteiger partial charge in [0.2, 0.25) is 0 Å². The minimum atomic E-state index is -1.02. The molecule has 9 nitrogen and oxygen atoms in total. The van der Waals surface area contributed by atoms with E-state index in [0.29, 0.717) is 11.3 Å². The van der Waals surface area contributed by atoms with Crippen molar-refractivity contribution < 1.29 is 24.0 Å². The SMILES string of the molecule is CCOC(=O)C1=C(C)NC(=S)N(C(=O)OC)C1c1cccc([N+](=O)[O-])c1. The van der Waals surface area contributed by atoms with Crippen molar-refractivity contribution in [2.45, 2.75) is 19.9 Å². The van der Waals surface area contributed by atoms with Crippen LogP contribution in [-0.2, 0) is 14.3 Å². The molecular formula is C16H17N3O6S. The summed E-state index contributed by atoms with van der Waals surface area (Å²) >= 11 is 5.21. The Morgan fingerprint density at radius 1 is 1.42 bits per heavy atom. The van der Waals surface area contributed by atoms with E-state index < -0.39 is 23.0 Å². The molecule has 0 aromatic heterocycles. The fraction of sp³-hybridized carbons (Fsp3) is 0.312. The van der Waals surface area contributed by atoms with Crippen molar-refractivity contribution in [2.75, 3.05) is 13.7 Å². The normalized spacial score (nSPS) is 16.8. The molecule has 1 atom stereocenters. The van der Waals surface area contributed by atoms with Crippen LogP contribution in [0.15, 0.2) is 35.5 Å². The maximum absolute atomic E-state index is 12.5. The number of allylic oxidation sites excluding steroid dienone is 1. The first-order valence-electron chi connectivity index (χ1n) is 7.62. The van der Waals surface area contributed by atoms with Crippen LogP contribution in [0.4, 0.5) is 10.5 Å². The summed E-state index contributed by atoms with van der Waals surface area (Å²) in [4.78, 5) is 36.4. The zero-order chi connectivity index (χ0) is 19.4. The molecule has 1 heterocycles. The first kappa shape index (κ1) is 19.3. The number of non-ortho nitro benzene ring substituents is 1. The van der Waals surface area contributed by atoms with Gasteiger partial charge in [-0.1, -0.05) is 12.1 Å². The standard InChI is InChI=1S/C16H17N3O6S/c1-4-25-14(20)12-9(2)17-15(26)18(16(21)24-3)13(12)10-6-5-7-11(8-10)19(22)23/h5-8,13H,4H2,1-3H3,(H,17,26). The van der Waals surface area contributed by atoms with Gasteiger partial charge >= 0.3 is 12.1 Å². The quantitative estimate of drug-likeness (QED) is 0.367. The van der Waals surface area contributed by atoms with Gasteiger partial charge in [0, 0.05) is 17.8 Å². The summed E-state index contributed by atoms with van der Waals surface area (Å²) in [6, 6.07) is 4.60. The number of amides is 1. The number of methoxy groups -OCH3 is 1. The first-order valence-corrected chi connectivity index (χ1v) is 8.03. The van der Waals surface area contributed by atoms with Crippen LogP contribution in [0.3, 0.4) is 0 Å². The number of ether oxygens (including phenoxy) is 2. The minimum Gasteiger partial charge on any atom is -0.463 e. The van der Waals surface area contributed by atoms with Gasteiger partial charge in [-0.2, -0.15) is 0 Å². The molecule has 1 aliphatic heterocycles. The smallest absolute Gasteiger partial charge is 0.416 e. The molecule has 1 amide bonds. The minimum absolute atomic E-state index is 0.0129. The van der Waals surface area contributed by atoms with Crippen LogP contribution >= 0.6 is 12.2 Å². The second-order valence-corrected chi connectivity index (χ2v) is 5.67. The number of nitrogens with zero attached hydrogens (tertiary/aromatic N) is 2. The van der Waals surface area contributed by atoms with Crippen LogP contribution in [-0.4, -0.2) is 40.7 Å². The molecule has 2 rings (SSSR count). The van der Waals surface area contributed by atoms with Gasteiger partial charge in [-0.05, 0) is 31.6 Å². The van der Waals surface area contributed by atoms with Gasteiger partial charge in [-0.15, -0.1) is 0 Å². The molecule has 0 saturated heterocycles. The van der Waals surface area contributed by atoms with E-state index in [4.69, 9.17) is 21.7 Å². The van der Waals surface area contributed by atoms with Crippen molar-refractivity contribution in [3.63, 3.8) is 0 Å². The van der Waals surface area contributed by atoms with E-state index in [1.54, 1.807) is 19.9 Å². The number of benzene rings is 1. The van der Waals surface area contributed by atoms with Crippen LogP contribution in [0.25, 0.3) is 0 Å². The Kier molecular flexibility index (Phi) is 5.88. The number of thiocarbonyl (C=S) groups is 1. The van der Waals surface area contributed by atoms with Gasteiger partial charge in [0.05, 0.1) is 24.2 Å². The molecule has 0 spiro atoms. The maximum Gasteiger partial charge on any atom is 0.416 e. The van der Waals surface area contributed by atoms with Gasteiger partial charge in [0.25, 0.3) is 5.69 Å². The number of nitro benzene ring substituents is 1. The second kappa shape index (κ2) is 7.91. The molecule has 0 saturated carbocycles. The molecule has 1 unspecified atom stereocenters. The number of hydrogen-bond donors (Lipinski definition) is 1. The van der Waals surface area contributed by atoms with Crippen LogP contribution < -0.4 is 5.32 Å². The number of nitro groups is 1. The van der Waals surface area contributed by atoms with Gasteiger partial charge < -0.3 is 14.8 Å². The fourth-order valence-electron chi connectivity index (χ4n) is 2.62. The lowest BCUT2D eigenvalue weighted by Crippen LogP contribution is -2.51. The molecule has 0 radical (unpaired) electrons. The average Bonchev–Trinajstić information content (AvgIpc) is 2.60. The lowest BCUT2D eigenvalue weighted by molar-refractivity contribution is -0.384. The van der Waals surface area contributed by atoms with Crippen molar-refractivity contribution in [2.24, 2.45) is 0 Å². The highest BCUT2D eigenvalue weighted by molar-refractivity contribution is 7.80. The van der Waals surface area contributed by atoms with Crippen LogP contribution in [0.1, 0.15) is 25.5 Å². The zero-order valence-corrected chi connectivity index (χ0v) is 15.2. The number of carbonyl (C=O) groups is 2. The van der Waals surface area contributed by atoms with Crippen molar-refractivity contribution in [3.8, 4) is 0 Å². The summed E-state index contributed by atoms with van der Waals surface area (Å²) in [5.41, 5.74) is 0.657. The molecular weight excluding hydrogens is 362 g/mol. The highest BCUT2D eigenvalue weighted by Gasteiger charge is 2.41. The Bertz CT molecular complexity index is 807. The summed E-state index contributed by atoms with van der Waals surface area (Å²) < 4.78 is 9.85. The molecule has 1 N–H and O–H groups in total.